The second-order valence-corrected chi connectivity index (χ2v) is 8.30. The van der Waals surface area contributed by atoms with E-state index in [0.29, 0.717) is 28.0 Å². The Bertz CT molecular complexity index is 1350. The molecule has 4 rings (SSSR count). The van der Waals surface area contributed by atoms with E-state index in [4.69, 9.17) is 9.88 Å². The lowest BCUT2D eigenvalue weighted by Gasteiger charge is -2.08. The van der Waals surface area contributed by atoms with Gasteiger partial charge in [0.1, 0.15) is 18.2 Å². The Morgan fingerprint density at radius 2 is 1.69 bits per heavy atom. The summed E-state index contributed by atoms with van der Waals surface area (Å²) in [4.78, 5) is 7.47. The summed E-state index contributed by atoms with van der Waals surface area (Å²) in [6, 6.07) is 16.0. The number of H-pyrrole nitrogens is 1. The molecule has 3 N–H and O–H groups in total. The highest BCUT2D eigenvalue weighted by molar-refractivity contribution is 7.89. The first-order valence-corrected chi connectivity index (χ1v) is 10.6. The van der Waals surface area contributed by atoms with Crippen molar-refractivity contribution in [2.45, 2.75) is 17.7 Å². The maximum Gasteiger partial charge on any atom is 0.416 e. The lowest BCUT2D eigenvalue weighted by Crippen LogP contribution is -2.13. The third-order valence-corrected chi connectivity index (χ3v) is 5.56. The minimum Gasteiger partial charge on any atom is -0.486 e. The SMILES string of the molecule is Cl.NS(=O)(=O)c1ccccc1-c1ccc2nc(COc3ccc(C(F)(F)F)cc3)[nH]c2c1. The smallest absolute Gasteiger partial charge is 0.416 e. The number of ether oxygens (including phenoxy) is 1. The van der Waals surface area contributed by atoms with E-state index < -0.39 is 21.8 Å². The number of fused-ring (bicyclic) bond motifs is 1. The lowest BCUT2D eigenvalue weighted by atomic mass is 10.1. The van der Waals surface area contributed by atoms with E-state index in [1.165, 1.54) is 18.2 Å². The van der Waals surface area contributed by atoms with Crippen molar-refractivity contribution in [3.63, 3.8) is 0 Å². The quantitative estimate of drug-likeness (QED) is 0.422. The number of nitrogens with zero attached hydrogens (tertiary/aromatic N) is 1. The number of aromatic nitrogens is 2. The van der Waals surface area contributed by atoms with Crippen LogP contribution in [0.1, 0.15) is 11.4 Å². The number of imidazole rings is 1. The predicted molar refractivity (Wildman–Crippen MR) is 116 cm³/mol. The van der Waals surface area contributed by atoms with Crippen LogP contribution >= 0.6 is 12.4 Å². The van der Waals surface area contributed by atoms with E-state index in [-0.39, 0.29) is 29.7 Å². The summed E-state index contributed by atoms with van der Waals surface area (Å²) in [6.07, 6.45) is -4.41. The van der Waals surface area contributed by atoms with Crippen LogP contribution in [0.3, 0.4) is 0 Å². The van der Waals surface area contributed by atoms with E-state index in [9.17, 15) is 21.6 Å². The molecule has 0 fully saturated rings. The van der Waals surface area contributed by atoms with E-state index in [1.807, 2.05) is 0 Å². The number of nitrogens with one attached hydrogen (secondary N) is 1. The summed E-state index contributed by atoms with van der Waals surface area (Å²) >= 11 is 0. The molecule has 1 aromatic heterocycles. The third kappa shape index (κ3) is 5.04. The molecule has 6 nitrogen and oxygen atoms in total. The molecule has 168 valence electrons. The van der Waals surface area contributed by atoms with Gasteiger partial charge in [-0.15, -0.1) is 12.4 Å². The van der Waals surface area contributed by atoms with Crippen molar-refractivity contribution in [2.24, 2.45) is 5.14 Å². The Morgan fingerprint density at radius 3 is 2.34 bits per heavy atom. The normalized spacial score (nSPS) is 11.9. The van der Waals surface area contributed by atoms with Gasteiger partial charge < -0.3 is 9.72 Å². The van der Waals surface area contributed by atoms with Crippen molar-refractivity contribution in [3.8, 4) is 16.9 Å². The van der Waals surface area contributed by atoms with E-state index in [1.54, 1.807) is 36.4 Å². The molecule has 0 spiro atoms. The molecule has 1 heterocycles. The van der Waals surface area contributed by atoms with Crippen LogP contribution in [0.4, 0.5) is 13.2 Å². The van der Waals surface area contributed by atoms with Gasteiger partial charge in [-0.05, 0) is 48.0 Å². The first-order valence-electron chi connectivity index (χ1n) is 9.02. The zero-order valence-electron chi connectivity index (χ0n) is 16.3. The number of hydrogen-bond donors (Lipinski definition) is 2. The number of primary sulfonamides is 1. The summed E-state index contributed by atoms with van der Waals surface area (Å²) in [5, 5.41) is 5.31. The predicted octanol–water partition coefficient (Wildman–Crippen LogP) is 4.90. The zero-order valence-corrected chi connectivity index (χ0v) is 17.9. The van der Waals surface area contributed by atoms with Gasteiger partial charge in [-0.3, -0.25) is 0 Å². The molecule has 0 aliphatic heterocycles. The minimum atomic E-state index is -4.41. The molecule has 0 bridgehead atoms. The van der Waals surface area contributed by atoms with Gasteiger partial charge in [0.2, 0.25) is 10.0 Å². The second-order valence-electron chi connectivity index (χ2n) is 6.77. The number of halogens is 4. The number of aromatic amines is 1. The molecule has 0 saturated carbocycles. The topological polar surface area (TPSA) is 98.1 Å². The molecule has 0 atom stereocenters. The van der Waals surface area contributed by atoms with Crippen molar-refractivity contribution in [1.29, 1.82) is 0 Å². The lowest BCUT2D eigenvalue weighted by molar-refractivity contribution is -0.137. The Morgan fingerprint density at radius 1 is 1.00 bits per heavy atom. The van der Waals surface area contributed by atoms with Crippen molar-refractivity contribution in [2.75, 3.05) is 0 Å². The highest BCUT2D eigenvalue weighted by Crippen LogP contribution is 2.31. The largest absolute Gasteiger partial charge is 0.486 e. The molecule has 0 amide bonds. The summed E-state index contributed by atoms with van der Waals surface area (Å²) in [7, 11) is -3.90. The molecule has 3 aromatic carbocycles. The van der Waals surface area contributed by atoms with Crippen LogP contribution in [-0.4, -0.2) is 18.4 Å². The van der Waals surface area contributed by atoms with Crippen LogP contribution in [0, 0.1) is 0 Å². The van der Waals surface area contributed by atoms with Gasteiger partial charge >= 0.3 is 6.18 Å². The van der Waals surface area contributed by atoms with Crippen LogP contribution in [0.15, 0.2) is 71.6 Å². The van der Waals surface area contributed by atoms with Crippen molar-refractivity contribution in [1.82, 2.24) is 9.97 Å². The van der Waals surface area contributed by atoms with Gasteiger partial charge in [-0.1, -0.05) is 24.3 Å². The van der Waals surface area contributed by atoms with Gasteiger partial charge in [0, 0.05) is 5.56 Å². The number of nitrogens with two attached hydrogens (primary N) is 1. The van der Waals surface area contributed by atoms with Gasteiger partial charge in [-0.25, -0.2) is 18.5 Å². The Balaban J connectivity index is 0.00000289. The molecule has 11 heteroatoms. The molecular weight excluding hydrogens is 467 g/mol. The highest BCUT2D eigenvalue weighted by Gasteiger charge is 2.30. The number of alkyl halides is 3. The van der Waals surface area contributed by atoms with Crippen LogP contribution in [0.2, 0.25) is 0 Å². The Hall–Kier alpha value is -3.08. The average molecular weight is 484 g/mol. The number of hydrogen-bond acceptors (Lipinski definition) is 4. The van der Waals surface area contributed by atoms with Crippen molar-refractivity contribution >= 4 is 33.5 Å². The van der Waals surface area contributed by atoms with Crippen LogP contribution in [-0.2, 0) is 22.8 Å². The summed E-state index contributed by atoms with van der Waals surface area (Å²) < 4.78 is 67.2. The summed E-state index contributed by atoms with van der Waals surface area (Å²) in [6.45, 7) is 0.0170. The van der Waals surface area contributed by atoms with Gasteiger partial charge in [0.15, 0.2) is 0 Å². The zero-order chi connectivity index (χ0) is 22.2. The molecule has 4 aromatic rings. The number of sulfonamides is 1. The molecule has 0 unspecified atom stereocenters. The maximum absolute atomic E-state index is 12.6. The van der Waals surface area contributed by atoms with Crippen LogP contribution in [0.25, 0.3) is 22.2 Å². The maximum atomic E-state index is 12.6. The first-order chi connectivity index (χ1) is 14.6. The van der Waals surface area contributed by atoms with E-state index in [2.05, 4.69) is 9.97 Å². The van der Waals surface area contributed by atoms with Crippen molar-refractivity contribution < 1.29 is 26.3 Å². The van der Waals surface area contributed by atoms with Gasteiger partial charge in [0.25, 0.3) is 0 Å². The van der Waals surface area contributed by atoms with Crippen molar-refractivity contribution in [3.05, 3.63) is 78.1 Å². The van der Waals surface area contributed by atoms with Crippen LogP contribution < -0.4 is 9.88 Å². The fourth-order valence-electron chi connectivity index (χ4n) is 3.14. The minimum absolute atomic E-state index is 0. The van der Waals surface area contributed by atoms with Gasteiger partial charge in [-0.2, -0.15) is 13.2 Å². The molecule has 32 heavy (non-hydrogen) atoms. The number of rotatable bonds is 5. The molecular formula is C21H17ClF3N3O3S. The Labute approximate surface area is 187 Å². The monoisotopic (exact) mass is 483 g/mol. The first kappa shape index (κ1) is 23.6. The fraction of sp³-hybridized carbons (Fsp3) is 0.0952. The fourth-order valence-corrected chi connectivity index (χ4v) is 3.90. The summed E-state index contributed by atoms with van der Waals surface area (Å²) in [5.74, 6) is 0.739. The Kier molecular flexibility index (Phi) is 6.49. The number of benzene rings is 3. The second kappa shape index (κ2) is 8.81. The molecule has 0 saturated heterocycles. The summed E-state index contributed by atoms with van der Waals surface area (Å²) in [5.41, 5.74) is 1.62. The highest BCUT2D eigenvalue weighted by atomic mass is 35.5. The van der Waals surface area contributed by atoms with E-state index >= 15 is 0 Å². The third-order valence-electron chi connectivity index (χ3n) is 4.59. The van der Waals surface area contributed by atoms with E-state index in [0.717, 1.165) is 12.1 Å². The molecule has 0 aliphatic carbocycles. The van der Waals surface area contributed by atoms with Crippen LogP contribution in [0.5, 0.6) is 5.75 Å². The average Bonchev–Trinajstić information content (AvgIpc) is 3.13. The molecule has 0 aliphatic rings. The van der Waals surface area contributed by atoms with Gasteiger partial charge in [0.05, 0.1) is 21.5 Å². The molecule has 0 radical (unpaired) electrons. The standard InChI is InChI=1S/C21H16F3N3O3S.ClH/c22-21(23,24)14-6-8-15(9-7-14)30-12-20-26-17-10-5-13(11-18(17)27-20)16-3-1-2-4-19(16)31(25,28)29;/h1-11H,12H2,(H,26,27)(H2,25,28,29);1H.